The minimum Gasteiger partial charge on any atom is -0.466 e. The van der Waals surface area contributed by atoms with Crippen LogP contribution in [0.2, 0.25) is 0 Å². The van der Waals surface area contributed by atoms with Crippen LogP contribution in [0, 0.1) is 0 Å². The van der Waals surface area contributed by atoms with Gasteiger partial charge in [0, 0.05) is 0 Å². The molecule has 0 aliphatic heterocycles. The van der Waals surface area contributed by atoms with Gasteiger partial charge in [0.2, 0.25) is 0 Å². The summed E-state index contributed by atoms with van der Waals surface area (Å²) in [5, 5.41) is 9.68. The van der Waals surface area contributed by atoms with Crippen molar-refractivity contribution in [3.05, 3.63) is 36.5 Å². The lowest BCUT2D eigenvalue weighted by Crippen LogP contribution is -2.17. The maximum absolute atomic E-state index is 11.1. The molecule has 0 amide bonds. The quantitative estimate of drug-likeness (QED) is 0.538. The summed E-state index contributed by atoms with van der Waals surface area (Å²) in [6, 6.07) is 0. The number of carbonyl (C=O) groups excluding carboxylic acids is 1. The SMILES string of the molecule is C=C/C=C\C(=C/C)[C@@H](O)CC(=O)OCC. The minimum atomic E-state index is -0.815. The fourth-order valence-corrected chi connectivity index (χ4v) is 1.07. The number of ether oxygens (including phenoxy) is 1. The molecule has 0 aromatic rings. The van der Waals surface area contributed by atoms with Crippen LogP contribution in [0.3, 0.4) is 0 Å². The third-order valence-corrected chi connectivity index (χ3v) is 1.81. The summed E-state index contributed by atoms with van der Waals surface area (Å²) in [4.78, 5) is 11.1. The zero-order valence-corrected chi connectivity index (χ0v) is 9.27. The molecule has 0 radical (unpaired) electrons. The average molecular weight is 210 g/mol. The van der Waals surface area contributed by atoms with Crippen LogP contribution in [0.5, 0.6) is 0 Å². The number of allylic oxidation sites excluding steroid dienone is 3. The molecular weight excluding hydrogens is 192 g/mol. The second kappa shape index (κ2) is 8.00. The number of rotatable bonds is 6. The average Bonchev–Trinajstić information content (AvgIpc) is 2.19. The number of hydrogen-bond donors (Lipinski definition) is 1. The van der Waals surface area contributed by atoms with Crippen molar-refractivity contribution in [2.45, 2.75) is 26.4 Å². The van der Waals surface area contributed by atoms with Crippen molar-refractivity contribution in [1.29, 1.82) is 0 Å². The molecule has 0 spiro atoms. The summed E-state index contributed by atoms with van der Waals surface area (Å²) < 4.78 is 4.74. The Labute approximate surface area is 90.8 Å². The fourth-order valence-electron chi connectivity index (χ4n) is 1.07. The molecule has 0 aromatic heterocycles. The third-order valence-electron chi connectivity index (χ3n) is 1.81. The normalized spacial score (nSPS) is 13.9. The molecule has 3 nitrogen and oxygen atoms in total. The summed E-state index contributed by atoms with van der Waals surface area (Å²) >= 11 is 0. The third kappa shape index (κ3) is 5.86. The molecule has 0 aliphatic carbocycles. The van der Waals surface area contributed by atoms with E-state index in [4.69, 9.17) is 4.74 Å². The van der Waals surface area contributed by atoms with Crippen molar-refractivity contribution in [3.63, 3.8) is 0 Å². The van der Waals surface area contributed by atoms with E-state index in [2.05, 4.69) is 6.58 Å². The minimum absolute atomic E-state index is 0.0189. The van der Waals surface area contributed by atoms with Crippen molar-refractivity contribution in [3.8, 4) is 0 Å². The molecular formula is C12H18O3. The summed E-state index contributed by atoms with van der Waals surface area (Å²) in [6.45, 7) is 7.40. The topological polar surface area (TPSA) is 46.5 Å². The molecule has 0 unspecified atom stereocenters. The molecule has 0 aromatic carbocycles. The Morgan fingerprint density at radius 3 is 2.73 bits per heavy atom. The van der Waals surface area contributed by atoms with Crippen LogP contribution in [0.4, 0.5) is 0 Å². The fraction of sp³-hybridized carbons (Fsp3) is 0.417. The first kappa shape index (κ1) is 13.7. The molecule has 1 N–H and O–H groups in total. The molecule has 0 saturated carbocycles. The van der Waals surface area contributed by atoms with Crippen molar-refractivity contribution < 1.29 is 14.6 Å². The Kier molecular flexibility index (Phi) is 7.28. The zero-order valence-electron chi connectivity index (χ0n) is 9.27. The molecule has 15 heavy (non-hydrogen) atoms. The zero-order chi connectivity index (χ0) is 11.7. The second-order valence-electron chi connectivity index (χ2n) is 2.91. The van der Waals surface area contributed by atoms with Gasteiger partial charge in [0.1, 0.15) is 0 Å². The Bertz CT molecular complexity index is 264. The van der Waals surface area contributed by atoms with Gasteiger partial charge in [-0.05, 0) is 19.4 Å². The van der Waals surface area contributed by atoms with E-state index in [1.165, 1.54) is 0 Å². The van der Waals surface area contributed by atoms with E-state index >= 15 is 0 Å². The molecule has 84 valence electrons. The number of carbonyl (C=O) groups is 1. The first-order valence-corrected chi connectivity index (χ1v) is 4.94. The molecule has 3 heteroatoms. The first-order valence-electron chi connectivity index (χ1n) is 4.94. The van der Waals surface area contributed by atoms with E-state index in [-0.39, 0.29) is 6.42 Å². The highest BCUT2D eigenvalue weighted by Crippen LogP contribution is 2.09. The number of esters is 1. The molecule has 0 aliphatic rings. The number of aliphatic hydroxyl groups excluding tert-OH is 1. The van der Waals surface area contributed by atoms with E-state index in [0.717, 1.165) is 0 Å². The van der Waals surface area contributed by atoms with Crippen LogP contribution in [0.25, 0.3) is 0 Å². The molecule has 0 heterocycles. The van der Waals surface area contributed by atoms with Gasteiger partial charge in [0.15, 0.2) is 0 Å². The van der Waals surface area contributed by atoms with Crippen LogP contribution < -0.4 is 0 Å². The van der Waals surface area contributed by atoms with Gasteiger partial charge in [-0.2, -0.15) is 0 Å². The molecule has 0 rings (SSSR count). The van der Waals surface area contributed by atoms with E-state index in [1.807, 2.05) is 0 Å². The lowest BCUT2D eigenvalue weighted by Gasteiger charge is -2.10. The van der Waals surface area contributed by atoms with E-state index in [0.29, 0.717) is 12.2 Å². The molecule has 0 bridgehead atoms. The number of aliphatic hydroxyl groups is 1. The highest BCUT2D eigenvalue weighted by molar-refractivity contribution is 5.70. The Balaban J connectivity index is 4.28. The van der Waals surface area contributed by atoms with Gasteiger partial charge in [0.05, 0.1) is 19.1 Å². The Morgan fingerprint density at radius 1 is 1.60 bits per heavy atom. The Hall–Kier alpha value is -1.35. The Morgan fingerprint density at radius 2 is 2.27 bits per heavy atom. The predicted molar refractivity (Wildman–Crippen MR) is 60.4 cm³/mol. The predicted octanol–water partition coefficient (Wildman–Crippen LogP) is 1.99. The molecule has 0 saturated heterocycles. The van der Waals surface area contributed by atoms with Gasteiger partial charge in [0.25, 0.3) is 0 Å². The summed E-state index contributed by atoms with van der Waals surface area (Å²) in [5.41, 5.74) is 0.683. The van der Waals surface area contributed by atoms with Gasteiger partial charge in [-0.3, -0.25) is 4.79 Å². The smallest absolute Gasteiger partial charge is 0.308 e. The van der Waals surface area contributed by atoms with Gasteiger partial charge < -0.3 is 9.84 Å². The van der Waals surface area contributed by atoms with Gasteiger partial charge in [-0.25, -0.2) is 0 Å². The van der Waals surface area contributed by atoms with Crippen LogP contribution in [-0.2, 0) is 9.53 Å². The van der Waals surface area contributed by atoms with Crippen LogP contribution in [-0.4, -0.2) is 23.8 Å². The van der Waals surface area contributed by atoms with E-state index < -0.39 is 12.1 Å². The highest BCUT2D eigenvalue weighted by Gasteiger charge is 2.13. The monoisotopic (exact) mass is 210 g/mol. The lowest BCUT2D eigenvalue weighted by atomic mass is 10.1. The summed E-state index contributed by atoms with van der Waals surface area (Å²) in [6.07, 6.45) is 5.96. The summed E-state index contributed by atoms with van der Waals surface area (Å²) in [5.74, 6) is -0.392. The standard InChI is InChI=1S/C12H18O3/c1-4-7-8-10(5-2)11(13)9-12(14)15-6-3/h4-5,7-8,11,13H,1,6,9H2,2-3H3/b8-7-,10-5+/t11-/m0/s1. The van der Waals surface area contributed by atoms with Crippen molar-refractivity contribution in [2.75, 3.05) is 6.61 Å². The second-order valence-corrected chi connectivity index (χ2v) is 2.91. The van der Waals surface area contributed by atoms with Gasteiger partial charge >= 0.3 is 5.97 Å². The van der Waals surface area contributed by atoms with Crippen molar-refractivity contribution in [1.82, 2.24) is 0 Å². The molecule has 0 fully saturated rings. The van der Waals surface area contributed by atoms with E-state index in [1.54, 1.807) is 38.2 Å². The van der Waals surface area contributed by atoms with Crippen LogP contribution in [0.15, 0.2) is 36.5 Å². The van der Waals surface area contributed by atoms with Crippen LogP contribution >= 0.6 is 0 Å². The van der Waals surface area contributed by atoms with Crippen LogP contribution in [0.1, 0.15) is 20.3 Å². The van der Waals surface area contributed by atoms with Gasteiger partial charge in [-0.15, -0.1) is 0 Å². The first-order chi connectivity index (χ1) is 7.15. The highest BCUT2D eigenvalue weighted by atomic mass is 16.5. The lowest BCUT2D eigenvalue weighted by molar-refractivity contribution is -0.144. The van der Waals surface area contributed by atoms with Crippen molar-refractivity contribution in [2.24, 2.45) is 0 Å². The maximum Gasteiger partial charge on any atom is 0.308 e. The molecule has 1 atom stereocenters. The maximum atomic E-state index is 11.1. The summed E-state index contributed by atoms with van der Waals surface area (Å²) in [7, 11) is 0. The van der Waals surface area contributed by atoms with Gasteiger partial charge in [-0.1, -0.05) is 30.9 Å². The number of hydrogen-bond acceptors (Lipinski definition) is 3. The van der Waals surface area contributed by atoms with Crippen molar-refractivity contribution >= 4 is 5.97 Å². The largest absolute Gasteiger partial charge is 0.466 e. The van der Waals surface area contributed by atoms with E-state index in [9.17, 15) is 9.90 Å².